The molecule has 2 fully saturated rings. The Morgan fingerprint density at radius 3 is 2.85 bits per heavy atom. The number of aldehydes is 1. The van der Waals surface area contributed by atoms with Crippen LogP contribution in [-0.4, -0.2) is 83.6 Å². The molecule has 1 aromatic carbocycles. The van der Waals surface area contributed by atoms with Crippen molar-refractivity contribution in [2.24, 2.45) is 0 Å². The van der Waals surface area contributed by atoms with E-state index >= 15 is 0 Å². The van der Waals surface area contributed by atoms with Crippen LogP contribution in [-0.2, 0) is 9.53 Å². The molecule has 0 saturated carbocycles. The van der Waals surface area contributed by atoms with Crippen LogP contribution in [0.4, 0.5) is 0 Å². The highest BCUT2D eigenvalue weighted by atomic mass is 16.5. The predicted octanol–water partition coefficient (Wildman–Crippen LogP) is 3.06. The standard InChI is InChI=1S/C25H31N5O3/c1-32-25-20(16-18-4-2-3-5-21(18)28-25)22-17-26-24(27-22)23-6-9-29(10-11-30(23)12-13-31)19-7-14-33-15-8-19/h2-5,13,16-17,19,23H,6-12,14-15H2,1H3,(H,26,27). The number of methoxy groups -OCH3 is 1. The van der Waals surface area contributed by atoms with E-state index in [1.165, 1.54) is 0 Å². The number of ether oxygens (including phenoxy) is 2. The van der Waals surface area contributed by atoms with Crippen LogP contribution >= 0.6 is 0 Å². The molecule has 2 aromatic heterocycles. The first-order valence-corrected chi connectivity index (χ1v) is 11.8. The van der Waals surface area contributed by atoms with E-state index in [0.717, 1.165) is 86.4 Å². The van der Waals surface area contributed by atoms with Crippen LogP contribution in [0.25, 0.3) is 22.2 Å². The third-order valence-corrected chi connectivity index (χ3v) is 6.90. The predicted molar refractivity (Wildman–Crippen MR) is 126 cm³/mol. The molecular weight excluding hydrogens is 418 g/mol. The fraction of sp³-hybridized carbons (Fsp3) is 0.480. The average Bonchev–Trinajstić information content (AvgIpc) is 3.25. The fourth-order valence-corrected chi connectivity index (χ4v) is 5.12. The van der Waals surface area contributed by atoms with E-state index in [-0.39, 0.29) is 6.04 Å². The molecule has 174 valence electrons. The zero-order valence-electron chi connectivity index (χ0n) is 19.1. The number of aromatic nitrogens is 3. The van der Waals surface area contributed by atoms with Crippen molar-refractivity contribution < 1.29 is 14.3 Å². The number of carbonyl (C=O) groups excluding carboxylic acids is 1. The number of benzene rings is 1. The van der Waals surface area contributed by atoms with Gasteiger partial charge in [-0.3, -0.25) is 9.80 Å². The van der Waals surface area contributed by atoms with Crippen molar-refractivity contribution in [2.45, 2.75) is 31.3 Å². The second-order valence-electron chi connectivity index (χ2n) is 8.77. The lowest BCUT2D eigenvalue weighted by Crippen LogP contribution is -2.41. The van der Waals surface area contributed by atoms with Gasteiger partial charge in [0, 0.05) is 44.3 Å². The number of aromatic amines is 1. The van der Waals surface area contributed by atoms with Gasteiger partial charge in [0.2, 0.25) is 5.88 Å². The molecule has 8 nitrogen and oxygen atoms in total. The summed E-state index contributed by atoms with van der Waals surface area (Å²) in [5, 5.41) is 1.05. The first kappa shape index (κ1) is 22.0. The second-order valence-corrected chi connectivity index (χ2v) is 8.77. The van der Waals surface area contributed by atoms with Crippen molar-refractivity contribution in [3.63, 3.8) is 0 Å². The van der Waals surface area contributed by atoms with E-state index in [2.05, 4.69) is 25.8 Å². The summed E-state index contributed by atoms with van der Waals surface area (Å²) in [6.07, 6.45) is 5.93. The monoisotopic (exact) mass is 449 g/mol. The van der Waals surface area contributed by atoms with Gasteiger partial charge in [-0.25, -0.2) is 9.97 Å². The van der Waals surface area contributed by atoms with Gasteiger partial charge in [-0.15, -0.1) is 0 Å². The van der Waals surface area contributed by atoms with Crippen LogP contribution in [0.1, 0.15) is 31.1 Å². The van der Waals surface area contributed by atoms with E-state index < -0.39 is 0 Å². The van der Waals surface area contributed by atoms with Crippen molar-refractivity contribution in [1.29, 1.82) is 0 Å². The molecule has 2 aliphatic rings. The molecule has 0 amide bonds. The van der Waals surface area contributed by atoms with Crippen LogP contribution in [0.3, 0.4) is 0 Å². The zero-order chi connectivity index (χ0) is 22.6. The first-order chi connectivity index (χ1) is 16.3. The van der Waals surface area contributed by atoms with Crippen molar-refractivity contribution in [1.82, 2.24) is 24.8 Å². The summed E-state index contributed by atoms with van der Waals surface area (Å²) in [7, 11) is 1.64. The quantitative estimate of drug-likeness (QED) is 0.579. The van der Waals surface area contributed by atoms with Crippen molar-refractivity contribution in [3.05, 3.63) is 42.4 Å². The van der Waals surface area contributed by atoms with Crippen LogP contribution in [0.2, 0.25) is 0 Å². The molecule has 4 heterocycles. The second kappa shape index (κ2) is 9.99. The Morgan fingerprint density at radius 1 is 1.18 bits per heavy atom. The van der Waals surface area contributed by atoms with Crippen LogP contribution in [0.15, 0.2) is 36.5 Å². The minimum atomic E-state index is 0.0631. The number of imidazole rings is 1. The Hall–Kier alpha value is -2.81. The summed E-state index contributed by atoms with van der Waals surface area (Å²) >= 11 is 0. The van der Waals surface area contributed by atoms with Gasteiger partial charge in [-0.2, -0.15) is 0 Å². The van der Waals surface area contributed by atoms with Gasteiger partial charge in [0.05, 0.1) is 42.7 Å². The van der Waals surface area contributed by atoms with Gasteiger partial charge in [-0.05, 0) is 31.4 Å². The molecule has 8 heteroatoms. The lowest BCUT2D eigenvalue weighted by atomic mass is 10.1. The Morgan fingerprint density at radius 2 is 2.03 bits per heavy atom. The van der Waals surface area contributed by atoms with Crippen molar-refractivity contribution in [2.75, 3.05) is 46.5 Å². The van der Waals surface area contributed by atoms with Crippen molar-refractivity contribution >= 4 is 17.2 Å². The molecule has 0 bridgehead atoms. The Balaban J connectivity index is 1.41. The maximum Gasteiger partial charge on any atom is 0.223 e. The summed E-state index contributed by atoms with van der Waals surface area (Å²) < 4.78 is 11.1. The third-order valence-electron chi connectivity index (χ3n) is 6.90. The molecule has 3 aromatic rings. The molecule has 2 aliphatic heterocycles. The summed E-state index contributed by atoms with van der Waals surface area (Å²) in [5.74, 6) is 1.45. The molecule has 0 aliphatic carbocycles. The molecule has 1 atom stereocenters. The van der Waals surface area contributed by atoms with Gasteiger partial charge in [-0.1, -0.05) is 18.2 Å². The Bertz CT molecular complexity index is 1090. The fourth-order valence-electron chi connectivity index (χ4n) is 5.12. The molecule has 5 rings (SSSR count). The number of rotatable bonds is 6. The highest BCUT2D eigenvalue weighted by molar-refractivity contribution is 5.85. The molecule has 0 spiro atoms. The van der Waals surface area contributed by atoms with Gasteiger partial charge < -0.3 is 19.3 Å². The van der Waals surface area contributed by atoms with E-state index in [4.69, 9.17) is 14.5 Å². The van der Waals surface area contributed by atoms with Gasteiger partial charge in [0.1, 0.15) is 12.1 Å². The summed E-state index contributed by atoms with van der Waals surface area (Å²) in [6.45, 7) is 4.88. The zero-order valence-corrected chi connectivity index (χ0v) is 19.1. The number of para-hydroxylation sites is 1. The van der Waals surface area contributed by atoms with E-state index in [1.54, 1.807) is 7.11 Å². The minimum absolute atomic E-state index is 0.0631. The summed E-state index contributed by atoms with van der Waals surface area (Å²) in [5.41, 5.74) is 2.65. The number of hydrogen-bond donors (Lipinski definition) is 1. The Labute approximate surface area is 193 Å². The molecule has 0 radical (unpaired) electrons. The van der Waals surface area contributed by atoms with Gasteiger partial charge in [0.25, 0.3) is 0 Å². The highest BCUT2D eigenvalue weighted by Gasteiger charge is 2.31. The summed E-state index contributed by atoms with van der Waals surface area (Å²) in [4.78, 5) is 29.2. The van der Waals surface area contributed by atoms with E-state index in [1.807, 2.05) is 30.5 Å². The maximum absolute atomic E-state index is 11.5. The van der Waals surface area contributed by atoms with Crippen molar-refractivity contribution in [3.8, 4) is 17.1 Å². The Kier molecular flexibility index (Phi) is 6.66. The number of nitrogens with one attached hydrogen (secondary N) is 1. The van der Waals surface area contributed by atoms with Crippen LogP contribution < -0.4 is 4.74 Å². The van der Waals surface area contributed by atoms with Crippen LogP contribution in [0, 0.1) is 0 Å². The highest BCUT2D eigenvalue weighted by Crippen LogP contribution is 2.33. The number of hydrogen-bond acceptors (Lipinski definition) is 7. The average molecular weight is 450 g/mol. The third kappa shape index (κ3) is 4.64. The SMILES string of the molecule is COc1nc2ccccc2cc1-c1cnc(C2CCN(C3CCOCC3)CCN2CC=O)[nH]1. The first-order valence-electron chi connectivity index (χ1n) is 11.8. The lowest BCUT2D eigenvalue weighted by Gasteiger charge is -2.33. The number of carbonyl (C=O) groups is 1. The maximum atomic E-state index is 11.5. The molecule has 2 saturated heterocycles. The topological polar surface area (TPSA) is 83.6 Å². The minimum Gasteiger partial charge on any atom is -0.480 e. The number of H-pyrrole nitrogens is 1. The van der Waals surface area contributed by atoms with E-state index in [9.17, 15) is 4.79 Å². The number of nitrogens with zero attached hydrogens (tertiary/aromatic N) is 4. The normalized spacial score (nSPS) is 21.2. The molecule has 1 unspecified atom stereocenters. The lowest BCUT2D eigenvalue weighted by molar-refractivity contribution is -0.109. The van der Waals surface area contributed by atoms with E-state index in [0.29, 0.717) is 18.5 Å². The largest absolute Gasteiger partial charge is 0.480 e. The number of pyridine rings is 1. The smallest absolute Gasteiger partial charge is 0.223 e. The van der Waals surface area contributed by atoms with Gasteiger partial charge in [0.15, 0.2) is 0 Å². The van der Waals surface area contributed by atoms with Gasteiger partial charge >= 0.3 is 0 Å². The number of fused-ring (bicyclic) bond motifs is 1. The molecule has 1 N–H and O–H groups in total. The van der Waals surface area contributed by atoms with Crippen LogP contribution in [0.5, 0.6) is 5.88 Å². The molecule has 33 heavy (non-hydrogen) atoms. The summed E-state index contributed by atoms with van der Waals surface area (Å²) in [6, 6.07) is 10.7. The molecular formula is C25H31N5O3.